The highest BCUT2D eigenvalue weighted by molar-refractivity contribution is 14.1. The molecule has 2 aromatic heterocycles. The van der Waals surface area contributed by atoms with Crippen LogP contribution in [-0.4, -0.2) is 22.7 Å². The molecular formula is C11H11IN2O3. The fourth-order valence-corrected chi connectivity index (χ4v) is 2.12. The third-order valence-corrected chi connectivity index (χ3v) is 2.99. The molecule has 0 fully saturated rings. The van der Waals surface area contributed by atoms with E-state index in [1.165, 1.54) is 0 Å². The zero-order valence-electron chi connectivity index (χ0n) is 9.41. The molecule has 1 N–H and O–H groups in total. The van der Waals surface area contributed by atoms with Gasteiger partial charge in [-0.05, 0) is 42.5 Å². The first kappa shape index (κ1) is 12.2. The highest BCUT2D eigenvalue weighted by atomic mass is 127. The van der Waals surface area contributed by atoms with Gasteiger partial charge in [0.2, 0.25) is 0 Å². The van der Waals surface area contributed by atoms with Gasteiger partial charge in [0.25, 0.3) is 0 Å². The normalized spacial score (nSPS) is 10.5. The number of halogens is 1. The molecule has 0 aliphatic carbocycles. The van der Waals surface area contributed by atoms with Crippen LogP contribution in [0, 0.1) is 10.5 Å². The summed E-state index contributed by atoms with van der Waals surface area (Å²) in [7, 11) is 0. The first-order valence-electron chi connectivity index (χ1n) is 5.11. The van der Waals surface area contributed by atoms with Gasteiger partial charge in [-0.3, -0.25) is 0 Å². The van der Waals surface area contributed by atoms with E-state index in [4.69, 9.17) is 9.26 Å². The van der Waals surface area contributed by atoms with E-state index in [0.717, 1.165) is 15.0 Å². The topological polar surface area (TPSA) is 68.1 Å². The molecule has 6 heteroatoms. The van der Waals surface area contributed by atoms with Gasteiger partial charge >= 0.3 is 5.97 Å². The molecule has 0 saturated heterocycles. The summed E-state index contributed by atoms with van der Waals surface area (Å²) in [4.78, 5) is 14.5. The van der Waals surface area contributed by atoms with Crippen LogP contribution in [-0.2, 0) is 4.74 Å². The van der Waals surface area contributed by atoms with Crippen molar-refractivity contribution in [3.05, 3.63) is 27.1 Å². The van der Waals surface area contributed by atoms with E-state index in [1.807, 2.05) is 13.0 Å². The number of aromatic nitrogens is 2. The number of rotatable bonds is 3. The van der Waals surface area contributed by atoms with E-state index < -0.39 is 0 Å². The second-order valence-electron chi connectivity index (χ2n) is 3.46. The molecule has 5 nitrogen and oxygen atoms in total. The Morgan fingerprint density at radius 1 is 1.59 bits per heavy atom. The third-order valence-electron chi connectivity index (χ3n) is 2.14. The van der Waals surface area contributed by atoms with Gasteiger partial charge in [-0.1, -0.05) is 5.16 Å². The summed E-state index contributed by atoms with van der Waals surface area (Å²) in [5.74, 6) is 0.246. The Morgan fingerprint density at radius 3 is 2.94 bits per heavy atom. The van der Waals surface area contributed by atoms with Gasteiger partial charge in [-0.2, -0.15) is 0 Å². The van der Waals surface area contributed by atoms with Crippen LogP contribution in [0.25, 0.3) is 11.5 Å². The first-order chi connectivity index (χ1) is 8.11. The van der Waals surface area contributed by atoms with Crippen LogP contribution in [0.2, 0.25) is 0 Å². The van der Waals surface area contributed by atoms with Crippen molar-refractivity contribution < 1.29 is 14.1 Å². The minimum absolute atomic E-state index is 0.352. The van der Waals surface area contributed by atoms with Crippen LogP contribution in [0.5, 0.6) is 0 Å². The van der Waals surface area contributed by atoms with Gasteiger partial charge in [-0.25, -0.2) is 4.79 Å². The minimum Gasteiger partial charge on any atom is -0.461 e. The van der Waals surface area contributed by atoms with E-state index in [-0.39, 0.29) is 5.97 Å². The fraction of sp³-hybridized carbons (Fsp3) is 0.273. The molecular weight excluding hydrogens is 335 g/mol. The molecule has 0 saturated carbocycles. The molecule has 17 heavy (non-hydrogen) atoms. The number of H-pyrrole nitrogens is 1. The van der Waals surface area contributed by atoms with Crippen molar-refractivity contribution in [2.75, 3.05) is 6.61 Å². The van der Waals surface area contributed by atoms with Crippen LogP contribution < -0.4 is 0 Å². The molecule has 0 unspecified atom stereocenters. The van der Waals surface area contributed by atoms with Crippen molar-refractivity contribution in [3.8, 4) is 11.5 Å². The van der Waals surface area contributed by atoms with Gasteiger partial charge < -0.3 is 14.2 Å². The molecule has 90 valence electrons. The Labute approximate surface area is 112 Å². The Morgan fingerprint density at radius 2 is 2.35 bits per heavy atom. The van der Waals surface area contributed by atoms with E-state index in [9.17, 15) is 4.79 Å². The maximum absolute atomic E-state index is 11.5. The predicted molar refractivity (Wildman–Crippen MR) is 69.7 cm³/mol. The number of carbonyl (C=O) groups is 1. The fourth-order valence-electron chi connectivity index (χ4n) is 1.41. The Balaban J connectivity index is 2.34. The molecule has 2 heterocycles. The molecule has 0 amide bonds. The molecule has 0 bridgehead atoms. The van der Waals surface area contributed by atoms with Gasteiger partial charge in [0.15, 0.2) is 5.76 Å². The summed E-state index contributed by atoms with van der Waals surface area (Å²) >= 11 is 2.13. The number of aromatic amines is 1. The van der Waals surface area contributed by atoms with Gasteiger partial charge in [0.1, 0.15) is 5.69 Å². The molecule has 0 aliphatic heterocycles. The molecule has 0 aromatic carbocycles. The van der Waals surface area contributed by atoms with Crippen LogP contribution in [0.4, 0.5) is 0 Å². The highest BCUT2D eigenvalue weighted by Crippen LogP contribution is 2.26. The third kappa shape index (κ3) is 2.51. The predicted octanol–water partition coefficient (Wildman–Crippen LogP) is 2.76. The first-order valence-corrected chi connectivity index (χ1v) is 6.19. The van der Waals surface area contributed by atoms with Crippen LogP contribution in [0.1, 0.15) is 23.1 Å². The number of ether oxygens (including phenoxy) is 1. The highest BCUT2D eigenvalue weighted by Gasteiger charge is 2.16. The Bertz CT molecular complexity index is 545. The maximum Gasteiger partial charge on any atom is 0.354 e. The van der Waals surface area contributed by atoms with Gasteiger partial charge in [-0.15, -0.1) is 0 Å². The van der Waals surface area contributed by atoms with E-state index in [2.05, 4.69) is 32.7 Å². The monoisotopic (exact) mass is 346 g/mol. The van der Waals surface area contributed by atoms with E-state index in [0.29, 0.717) is 18.1 Å². The Kier molecular flexibility index (Phi) is 3.51. The summed E-state index contributed by atoms with van der Waals surface area (Å²) in [5, 5.41) is 3.81. The standard InChI is InChI=1S/C11H11IN2O3/c1-3-16-11(15)8-5-7(12)10(13-8)9-4-6(2)14-17-9/h4-5,13H,3H2,1-2H3. The van der Waals surface area contributed by atoms with E-state index in [1.54, 1.807) is 13.0 Å². The van der Waals surface area contributed by atoms with Crippen molar-refractivity contribution in [2.24, 2.45) is 0 Å². The Hall–Kier alpha value is -1.31. The lowest BCUT2D eigenvalue weighted by atomic mass is 10.3. The molecule has 2 rings (SSSR count). The van der Waals surface area contributed by atoms with Crippen LogP contribution in [0.3, 0.4) is 0 Å². The molecule has 2 aromatic rings. The number of hydrogen-bond donors (Lipinski definition) is 1. The molecule has 0 aliphatic rings. The van der Waals surface area contributed by atoms with Crippen LogP contribution >= 0.6 is 22.6 Å². The largest absolute Gasteiger partial charge is 0.461 e. The molecule has 0 atom stereocenters. The smallest absolute Gasteiger partial charge is 0.354 e. The quantitative estimate of drug-likeness (QED) is 0.686. The zero-order valence-corrected chi connectivity index (χ0v) is 11.6. The van der Waals surface area contributed by atoms with Crippen molar-refractivity contribution in [3.63, 3.8) is 0 Å². The van der Waals surface area contributed by atoms with Crippen molar-refractivity contribution in [1.29, 1.82) is 0 Å². The summed E-state index contributed by atoms with van der Waals surface area (Å²) in [6.45, 7) is 3.97. The number of nitrogens with one attached hydrogen (secondary N) is 1. The number of nitrogens with zero attached hydrogens (tertiary/aromatic N) is 1. The number of carbonyl (C=O) groups excluding carboxylic acids is 1. The summed E-state index contributed by atoms with van der Waals surface area (Å²) in [5.41, 5.74) is 1.96. The molecule has 0 spiro atoms. The average Bonchev–Trinajstić information content (AvgIpc) is 2.85. The van der Waals surface area contributed by atoms with Crippen molar-refractivity contribution in [2.45, 2.75) is 13.8 Å². The van der Waals surface area contributed by atoms with Gasteiger partial charge in [0, 0.05) is 9.64 Å². The lowest BCUT2D eigenvalue weighted by Crippen LogP contribution is -2.04. The number of esters is 1. The lowest BCUT2D eigenvalue weighted by Gasteiger charge is -1.97. The summed E-state index contributed by atoms with van der Waals surface area (Å²) in [6.07, 6.45) is 0. The van der Waals surface area contributed by atoms with Gasteiger partial charge in [0.05, 0.1) is 18.0 Å². The minimum atomic E-state index is -0.368. The zero-order chi connectivity index (χ0) is 12.4. The maximum atomic E-state index is 11.5. The molecule has 0 radical (unpaired) electrons. The van der Waals surface area contributed by atoms with Crippen LogP contribution in [0.15, 0.2) is 16.7 Å². The van der Waals surface area contributed by atoms with Crippen molar-refractivity contribution >= 4 is 28.6 Å². The second-order valence-corrected chi connectivity index (χ2v) is 4.62. The lowest BCUT2D eigenvalue weighted by molar-refractivity contribution is 0.0520. The summed E-state index contributed by atoms with van der Waals surface area (Å²) in [6, 6.07) is 3.54. The number of aryl methyl sites for hydroxylation is 1. The second kappa shape index (κ2) is 4.91. The summed E-state index contributed by atoms with van der Waals surface area (Å²) < 4.78 is 11.0. The SMILES string of the molecule is CCOC(=O)c1cc(I)c(-c2cc(C)no2)[nH]1. The van der Waals surface area contributed by atoms with Crippen molar-refractivity contribution in [1.82, 2.24) is 10.1 Å². The number of hydrogen-bond acceptors (Lipinski definition) is 4. The van der Waals surface area contributed by atoms with E-state index >= 15 is 0 Å². The average molecular weight is 346 g/mol.